The Labute approximate surface area is 80.6 Å². The van der Waals surface area contributed by atoms with E-state index in [4.69, 9.17) is 16.4 Å². The Morgan fingerprint density at radius 2 is 2.23 bits per heavy atom. The number of hydrogen-bond donors (Lipinski definition) is 0. The first kappa shape index (κ1) is 8.44. The summed E-state index contributed by atoms with van der Waals surface area (Å²) in [5.74, 6) is 0.459. The Morgan fingerprint density at radius 1 is 1.46 bits per heavy atom. The molecule has 0 amide bonds. The summed E-state index contributed by atoms with van der Waals surface area (Å²) in [6.07, 6.45) is 5.64. The average Bonchev–Trinajstić information content (AvgIpc) is 2.67. The lowest BCUT2D eigenvalue weighted by Crippen LogP contribution is -2.09. The zero-order chi connectivity index (χ0) is 9.10. The first-order chi connectivity index (χ1) is 6.40. The van der Waals surface area contributed by atoms with Crippen molar-refractivity contribution in [3.05, 3.63) is 24.3 Å². The van der Waals surface area contributed by atoms with Gasteiger partial charge in [-0.1, -0.05) is 5.16 Å². The highest BCUT2D eigenvalue weighted by Gasteiger charge is 2.21. The molecule has 0 N–H and O–H groups in total. The molecule has 0 fully saturated rings. The van der Waals surface area contributed by atoms with Crippen LogP contribution in [0.1, 0.15) is 12.0 Å². The van der Waals surface area contributed by atoms with Crippen LogP contribution in [0, 0.1) is 0 Å². The molecule has 1 unspecified atom stereocenters. The minimum Gasteiger partial charge on any atom is -0.391 e. The van der Waals surface area contributed by atoms with Crippen molar-refractivity contribution >= 4 is 17.3 Å². The van der Waals surface area contributed by atoms with E-state index >= 15 is 0 Å². The number of rotatable bonds is 2. The number of halogens is 1. The maximum absolute atomic E-state index is 5.63. The summed E-state index contributed by atoms with van der Waals surface area (Å²) in [5, 5.41) is 3.91. The van der Waals surface area contributed by atoms with Gasteiger partial charge in [0.05, 0.1) is 11.6 Å². The smallest absolute Gasteiger partial charge is 0.146 e. The van der Waals surface area contributed by atoms with Gasteiger partial charge in [-0.15, -0.1) is 11.6 Å². The van der Waals surface area contributed by atoms with E-state index in [2.05, 4.69) is 15.1 Å². The molecular weight excluding hydrogens is 190 g/mol. The van der Waals surface area contributed by atoms with Gasteiger partial charge in [0.25, 0.3) is 0 Å². The molecule has 1 atom stereocenters. The summed E-state index contributed by atoms with van der Waals surface area (Å²) in [4.78, 5) is 12.9. The molecule has 13 heavy (non-hydrogen) atoms. The summed E-state index contributed by atoms with van der Waals surface area (Å²) >= 11 is 5.63. The number of nitrogens with zero attached hydrogens (tertiary/aromatic N) is 3. The number of hydrogen-bond acceptors (Lipinski definition) is 4. The Bertz CT molecular complexity index is 314. The molecule has 0 spiro atoms. The van der Waals surface area contributed by atoms with Gasteiger partial charge in [0.2, 0.25) is 0 Å². The van der Waals surface area contributed by atoms with E-state index in [1.165, 1.54) is 6.33 Å². The van der Waals surface area contributed by atoms with E-state index in [0.717, 1.165) is 17.7 Å². The zero-order valence-electron chi connectivity index (χ0n) is 6.85. The van der Waals surface area contributed by atoms with Gasteiger partial charge in [-0.25, -0.2) is 9.97 Å². The maximum atomic E-state index is 5.63. The van der Waals surface area contributed by atoms with Crippen molar-refractivity contribution in [2.75, 3.05) is 5.88 Å². The van der Waals surface area contributed by atoms with Crippen molar-refractivity contribution in [3.8, 4) is 0 Å². The van der Waals surface area contributed by atoms with Gasteiger partial charge >= 0.3 is 0 Å². The fourth-order valence-corrected chi connectivity index (χ4v) is 1.30. The Hall–Kier alpha value is -1.16. The molecule has 0 saturated carbocycles. The van der Waals surface area contributed by atoms with Crippen LogP contribution < -0.4 is 0 Å². The molecule has 1 aliphatic heterocycles. The second-order valence-electron chi connectivity index (χ2n) is 2.75. The Balaban J connectivity index is 2.12. The van der Waals surface area contributed by atoms with Crippen molar-refractivity contribution in [3.63, 3.8) is 0 Å². The molecule has 1 aromatic rings. The van der Waals surface area contributed by atoms with Crippen LogP contribution in [-0.2, 0) is 4.84 Å². The van der Waals surface area contributed by atoms with Crippen molar-refractivity contribution in [1.82, 2.24) is 9.97 Å². The van der Waals surface area contributed by atoms with Gasteiger partial charge in [0.15, 0.2) is 0 Å². The van der Waals surface area contributed by atoms with Crippen molar-refractivity contribution in [2.45, 2.75) is 12.5 Å². The van der Waals surface area contributed by atoms with Gasteiger partial charge in [-0.3, -0.25) is 0 Å². The summed E-state index contributed by atoms with van der Waals surface area (Å²) in [5.41, 5.74) is 1.77. The molecule has 0 saturated heterocycles. The molecule has 0 aromatic carbocycles. The highest BCUT2D eigenvalue weighted by Crippen LogP contribution is 2.15. The lowest BCUT2D eigenvalue weighted by molar-refractivity contribution is 0.102. The Kier molecular flexibility index (Phi) is 2.40. The standard InChI is InChI=1S/C8H8ClN3O/c9-2-7-1-8(12-13-7)6-3-10-5-11-4-6/h3-5,7H,1-2H2. The van der Waals surface area contributed by atoms with Crippen LogP contribution >= 0.6 is 11.6 Å². The molecule has 0 aliphatic carbocycles. The van der Waals surface area contributed by atoms with Crippen molar-refractivity contribution < 1.29 is 4.84 Å². The van der Waals surface area contributed by atoms with Gasteiger partial charge in [0, 0.05) is 24.4 Å². The average molecular weight is 198 g/mol. The molecule has 4 nitrogen and oxygen atoms in total. The molecule has 2 rings (SSSR count). The highest BCUT2D eigenvalue weighted by molar-refractivity contribution is 6.18. The molecule has 5 heteroatoms. The van der Waals surface area contributed by atoms with E-state index in [-0.39, 0.29) is 6.10 Å². The third-order valence-corrected chi connectivity index (χ3v) is 2.14. The van der Waals surface area contributed by atoms with Gasteiger partial charge in [0.1, 0.15) is 12.4 Å². The monoisotopic (exact) mass is 197 g/mol. The summed E-state index contributed by atoms with van der Waals surface area (Å²) in [7, 11) is 0. The number of oxime groups is 1. The third kappa shape index (κ3) is 1.78. The fraction of sp³-hybridized carbons (Fsp3) is 0.375. The van der Waals surface area contributed by atoms with Crippen LogP contribution in [0.5, 0.6) is 0 Å². The number of alkyl halides is 1. The van der Waals surface area contributed by atoms with E-state index in [1.54, 1.807) is 12.4 Å². The lowest BCUT2D eigenvalue weighted by atomic mass is 10.1. The maximum Gasteiger partial charge on any atom is 0.146 e. The van der Waals surface area contributed by atoms with Crippen LogP contribution in [-0.4, -0.2) is 27.7 Å². The SMILES string of the molecule is ClCC1CC(c2cncnc2)=NO1. The van der Waals surface area contributed by atoms with Crippen LogP contribution in [0.15, 0.2) is 23.9 Å². The molecule has 2 heterocycles. The molecule has 1 aromatic heterocycles. The quantitative estimate of drug-likeness (QED) is 0.670. The van der Waals surface area contributed by atoms with Gasteiger partial charge in [-0.2, -0.15) is 0 Å². The minimum atomic E-state index is -0.00290. The predicted molar refractivity (Wildman–Crippen MR) is 48.8 cm³/mol. The minimum absolute atomic E-state index is 0.00290. The van der Waals surface area contributed by atoms with Crippen molar-refractivity contribution in [2.24, 2.45) is 5.16 Å². The highest BCUT2D eigenvalue weighted by atomic mass is 35.5. The molecular formula is C8H8ClN3O. The molecule has 0 bridgehead atoms. The summed E-state index contributed by atoms with van der Waals surface area (Å²) < 4.78 is 0. The van der Waals surface area contributed by atoms with E-state index in [0.29, 0.717) is 5.88 Å². The fourth-order valence-electron chi connectivity index (χ4n) is 1.13. The van der Waals surface area contributed by atoms with E-state index < -0.39 is 0 Å². The normalized spacial score (nSPS) is 21.0. The van der Waals surface area contributed by atoms with Crippen molar-refractivity contribution in [1.29, 1.82) is 0 Å². The Morgan fingerprint density at radius 3 is 2.85 bits per heavy atom. The largest absolute Gasteiger partial charge is 0.391 e. The van der Waals surface area contributed by atoms with Crippen LogP contribution in [0.25, 0.3) is 0 Å². The van der Waals surface area contributed by atoms with Gasteiger partial charge < -0.3 is 4.84 Å². The van der Waals surface area contributed by atoms with Gasteiger partial charge in [-0.05, 0) is 0 Å². The zero-order valence-corrected chi connectivity index (χ0v) is 7.61. The first-order valence-electron chi connectivity index (χ1n) is 3.94. The lowest BCUT2D eigenvalue weighted by Gasteiger charge is -2.00. The molecule has 68 valence electrons. The van der Waals surface area contributed by atoms with E-state index in [9.17, 15) is 0 Å². The topological polar surface area (TPSA) is 47.4 Å². The van der Waals surface area contributed by atoms with Crippen LogP contribution in [0.2, 0.25) is 0 Å². The van der Waals surface area contributed by atoms with Crippen LogP contribution in [0.4, 0.5) is 0 Å². The second kappa shape index (κ2) is 3.70. The summed E-state index contributed by atoms with van der Waals surface area (Å²) in [6.45, 7) is 0. The molecule has 0 radical (unpaired) electrons. The third-order valence-electron chi connectivity index (χ3n) is 1.80. The van der Waals surface area contributed by atoms with Crippen LogP contribution in [0.3, 0.4) is 0 Å². The second-order valence-corrected chi connectivity index (χ2v) is 3.06. The number of aromatic nitrogens is 2. The molecule has 1 aliphatic rings. The summed E-state index contributed by atoms with van der Waals surface area (Å²) in [6, 6.07) is 0. The van der Waals surface area contributed by atoms with E-state index in [1.807, 2.05) is 0 Å². The first-order valence-corrected chi connectivity index (χ1v) is 4.47. The predicted octanol–water partition coefficient (Wildman–Crippen LogP) is 1.21.